The molecule has 0 saturated heterocycles. The van der Waals surface area contributed by atoms with Crippen molar-refractivity contribution in [2.24, 2.45) is 11.8 Å². The lowest BCUT2D eigenvalue weighted by Gasteiger charge is -2.10. The SMILES string of the molecule is C[C@@H]1C[C@@H]1C(=O)NS(=O)(=O)c1ccc2c(c1)OCCCO2. The number of fused-ring (bicyclic) bond motifs is 1. The molecule has 0 unspecified atom stereocenters. The van der Waals surface area contributed by atoms with Gasteiger partial charge in [-0.05, 0) is 24.5 Å². The normalized spacial score (nSPS) is 24.0. The topological polar surface area (TPSA) is 81.7 Å². The van der Waals surface area contributed by atoms with Crippen molar-refractivity contribution in [3.8, 4) is 11.5 Å². The first-order valence-corrected chi connectivity index (χ1v) is 8.42. The maximum Gasteiger partial charge on any atom is 0.264 e. The van der Waals surface area contributed by atoms with Crippen LogP contribution >= 0.6 is 0 Å². The van der Waals surface area contributed by atoms with E-state index in [4.69, 9.17) is 9.47 Å². The first-order chi connectivity index (χ1) is 9.97. The Morgan fingerprint density at radius 2 is 1.90 bits per heavy atom. The predicted octanol–water partition coefficient (Wildman–Crippen LogP) is 1.31. The molecule has 1 amide bonds. The van der Waals surface area contributed by atoms with Gasteiger partial charge < -0.3 is 9.47 Å². The van der Waals surface area contributed by atoms with Gasteiger partial charge in [0.2, 0.25) is 5.91 Å². The average molecular weight is 311 g/mol. The summed E-state index contributed by atoms with van der Waals surface area (Å²) in [7, 11) is -3.87. The van der Waals surface area contributed by atoms with E-state index >= 15 is 0 Å². The van der Waals surface area contributed by atoms with Crippen molar-refractivity contribution >= 4 is 15.9 Å². The number of hydrogen-bond acceptors (Lipinski definition) is 5. The van der Waals surface area contributed by atoms with Gasteiger partial charge in [0.05, 0.1) is 18.1 Å². The van der Waals surface area contributed by atoms with Crippen molar-refractivity contribution in [1.82, 2.24) is 4.72 Å². The lowest BCUT2D eigenvalue weighted by atomic mass is 10.3. The number of carbonyl (C=O) groups is 1. The van der Waals surface area contributed by atoms with E-state index in [1.165, 1.54) is 12.1 Å². The molecule has 21 heavy (non-hydrogen) atoms. The largest absolute Gasteiger partial charge is 0.490 e. The molecule has 1 aromatic rings. The third kappa shape index (κ3) is 2.97. The predicted molar refractivity (Wildman–Crippen MR) is 74.6 cm³/mol. The van der Waals surface area contributed by atoms with Crippen molar-refractivity contribution in [2.75, 3.05) is 13.2 Å². The zero-order valence-corrected chi connectivity index (χ0v) is 12.5. The number of nitrogens with one attached hydrogen (secondary N) is 1. The Labute approximate surface area is 123 Å². The zero-order chi connectivity index (χ0) is 15.0. The van der Waals surface area contributed by atoms with Crippen LogP contribution in [0.1, 0.15) is 19.8 Å². The lowest BCUT2D eigenvalue weighted by Crippen LogP contribution is -2.32. The minimum Gasteiger partial charge on any atom is -0.490 e. The molecule has 2 aliphatic rings. The van der Waals surface area contributed by atoms with Gasteiger partial charge in [-0.25, -0.2) is 13.1 Å². The summed E-state index contributed by atoms with van der Waals surface area (Å²) in [5.41, 5.74) is 0. The molecular formula is C14H17NO5S. The molecule has 1 fully saturated rings. The molecule has 0 spiro atoms. The number of amides is 1. The summed E-state index contributed by atoms with van der Waals surface area (Å²) >= 11 is 0. The van der Waals surface area contributed by atoms with Crippen LogP contribution in [0.4, 0.5) is 0 Å². The van der Waals surface area contributed by atoms with E-state index in [0.717, 1.165) is 12.8 Å². The molecule has 0 radical (unpaired) electrons. The van der Waals surface area contributed by atoms with Gasteiger partial charge in [0.15, 0.2) is 11.5 Å². The van der Waals surface area contributed by atoms with E-state index in [0.29, 0.717) is 24.7 Å². The molecule has 1 N–H and O–H groups in total. The van der Waals surface area contributed by atoms with Gasteiger partial charge in [-0.1, -0.05) is 6.92 Å². The number of rotatable bonds is 3. The Hall–Kier alpha value is -1.76. The molecule has 7 heteroatoms. The van der Waals surface area contributed by atoms with E-state index in [9.17, 15) is 13.2 Å². The van der Waals surface area contributed by atoms with E-state index in [1.807, 2.05) is 6.92 Å². The van der Waals surface area contributed by atoms with Crippen LogP contribution in [0, 0.1) is 11.8 Å². The number of sulfonamides is 1. The minimum atomic E-state index is -3.87. The highest BCUT2D eigenvalue weighted by Crippen LogP contribution is 2.38. The number of carbonyl (C=O) groups excluding carboxylic acids is 1. The monoisotopic (exact) mass is 311 g/mol. The summed E-state index contributed by atoms with van der Waals surface area (Å²) in [4.78, 5) is 11.8. The van der Waals surface area contributed by atoms with Gasteiger partial charge in [0.25, 0.3) is 10.0 Å². The lowest BCUT2D eigenvalue weighted by molar-refractivity contribution is -0.120. The number of ether oxygens (including phenoxy) is 2. The van der Waals surface area contributed by atoms with Gasteiger partial charge in [-0.2, -0.15) is 0 Å². The maximum atomic E-state index is 12.2. The second-order valence-electron chi connectivity index (χ2n) is 5.45. The highest BCUT2D eigenvalue weighted by molar-refractivity contribution is 7.90. The maximum absolute atomic E-state index is 12.2. The van der Waals surface area contributed by atoms with Crippen LogP contribution in [-0.4, -0.2) is 27.5 Å². The number of benzene rings is 1. The first kappa shape index (κ1) is 14.2. The molecule has 6 nitrogen and oxygen atoms in total. The molecular weight excluding hydrogens is 294 g/mol. The van der Waals surface area contributed by atoms with Crippen molar-refractivity contribution in [3.63, 3.8) is 0 Å². The van der Waals surface area contributed by atoms with Gasteiger partial charge in [0, 0.05) is 18.4 Å². The Kier molecular flexibility index (Phi) is 3.52. The van der Waals surface area contributed by atoms with Crippen molar-refractivity contribution in [1.29, 1.82) is 0 Å². The summed E-state index contributed by atoms with van der Waals surface area (Å²) in [5.74, 6) is 0.537. The second-order valence-corrected chi connectivity index (χ2v) is 7.13. The van der Waals surface area contributed by atoms with Crippen LogP contribution in [0.25, 0.3) is 0 Å². The summed E-state index contributed by atoms with van der Waals surface area (Å²) in [6.45, 7) is 2.93. The third-order valence-electron chi connectivity index (χ3n) is 3.71. The molecule has 1 aromatic carbocycles. The Morgan fingerprint density at radius 3 is 2.57 bits per heavy atom. The van der Waals surface area contributed by atoms with E-state index in [-0.39, 0.29) is 16.7 Å². The van der Waals surface area contributed by atoms with Crippen LogP contribution in [0.5, 0.6) is 11.5 Å². The molecule has 1 saturated carbocycles. The average Bonchev–Trinajstić information content (AvgIpc) is 3.19. The van der Waals surface area contributed by atoms with Gasteiger partial charge in [-0.15, -0.1) is 0 Å². The molecule has 2 atom stereocenters. The standard InChI is InChI=1S/C14H17NO5S/c1-9-7-11(9)14(16)15-21(17,18)10-3-4-12-13(8-10)20-6-2-5-19-12/h3-4,8-9,11H,2,5-7H2,1H3,(H,15,16)/t9-,11+/m1/s1. The Balaban J connectivity index is 1.82. The first-order valence-electron chi connectivity index (χ1n) is 6.94. The number of hydrogen-bond donors (Lipinski definition) is 1. The fraction of sp³-hybridized carbons (Fsp3) is 0.500. The fourth-order valence-electron chi connectivity index (χ4n) is 2.27. The molecule has 0 aromatic heterocycles. The van der Waals surface area contributed by atoms with Crippen LogP contribution in [0.3, 0.4) is 0 Å². The third-order valence-corrected chi connectivity index (χ3v) is 5.05. The summed E-state index contributed by atoms with van der Waals surface area (Å²) < 4.78 is 37.5. The molecule has 1 aliphatic carbocycles. The smallest absolute Gasteiger partial charge is 0.264 e. The molecule has 3 rings (SSSR count). The van der Waals surface area contributed by atoms with Gasteiger partial charge in [-0.3, -0.25) is 4.79 Å². The fourth-order valence-corrected chi connectivity index (χ4v) is 3.31. The van der Waals surface area contributed by atoms with Crippen LogP contribution in [-0.2, 0) is 14.8 Å². The van der Waals surface area contributed by atoms with E-state index in [2.05, 4.69) is 4.72 Å². The Morgan fingerprint density at radius 1 is 1.24 bits per heavy atom. The van der Waals surface area contributed by atoms with Gasteiger partial charge in [0.1, 0.15) is 0 Å². The van der Waals surface area contributed by atoms with E-state index in [1.54, 1.807) is 6.07 Å². The van der Waals surface area contributed by atoms with Crippen molar-refractivity contribution < 1.29 is 22.7 Å². The summed E-state index contributed by atoms with van der Waals surface area (Å²) in [5, 5.41) is 0. The van der Waals surface area contributed by atoms with Crippen molar-refractivity contribution in [2.45, 2.75) is 24.7 Å². The second kappa shape index (κ2) is 5.22. The zero-order valence-electron chi connectivity index (χ0n) is 11.7. The molecule has 1 aliphatic heterocycles. The van der Waals surface area contributed by atoms with Crippen molar-refractivity contribution in [3.05, 3.63) is 18.2 Å². The highest BCUT2D eigenvalue weighted by atomic mass is 32.2. The quantitative estimate of drug-likeness (QED) is 0.910. The molecule has 1 heterocycles. The Bertz CT molecular complexity index is 670. The van der Waals surface area contributed by atoms with Crippen LogP contribution in [0.2, 0.25) is 0 Å². The molecule has 0 bridgehead atoms. The van der Waals surface area contributed by atoms with Crippen LogP contribution in [0.15, 0.2) is 23.1 Å². The minimum absolute atomic E-state index is 0.00778. The summed E-state index contributed by atoms with van der Waals surface area (Å²) in [6.07, 6.45) is 1.48. The molecule has 114 valence electrons. The van der Waals surface area contributed by atoms with Gasteiger partial charge >= 0.3 is 0 Å². The van der Waals surface area contributed by atoms with Crippen LogP contribution < -0.4 is 14.2 Å². The van der Waals surface area contributed by atoms with E-state index < -0.39 is 15.9 Å². The highest BCUT2D eigenvalue weighted by Gasteiger charge is 2.40. The summed E-state index contributed by atoms with van der Waals surface area (Å²) in [6, 6.07) is 4.37.